The van der Waals surface area contributed by atoms with Gasteiger partial charge in [0.1, 0.15) is 5.25 Å². The predicted octanol–water partition coefficient (Wildman–Crippen LogP) is 0.715. The molecule has 0 spiro atoms. The van der Waals surface area contributed by atoms with Crippen LogP contribution in [0.3, 0.4) is 0 Å². The second-order valence-electron chi connectivity index (χ2n) is 6.04. The van der Waals surface area contributed by atoms with Crippen LogP contribution >= 0.6 is 0 Å². The van der Waals surface area contributed by atoms with Crippen molar-refractivity contribution in [1.29, 1.82) is 0 Å². The first-order valence-electron chi connectivity index (χ1n) is 7.50. The van der Waals surface area contributed by atoms with Crippen molar-refractivity contribution in [2.45, 2.75) is 11.4 Å². The molecule has 0 saturated carbocycles. The minimum atomic E-state index is -4.75. The van der Waals surface area contributed by atoms with Gasteiger partial charge >= 0.3 is 12.2 Å². The second-order valence-corrected chi connectivity index (χ2v) is 8.41. The standard InChI is InChI=1S/C13H20F3N5O4S/c1-19(2)26(23,24)9-7-21(6-8(9)13(14,15)16)12(22)17-10-5-11(25-4)20(3)18-10/h5,8-9H,6-7H2,1-4H3,(H,17,18,22)/t8-,9-/m0/s1. The van der Waals surface area contributed by atoms with E-state index in [9.17, 15) is 26.4 Å². The minimum Gasteiger partial charge on any atom is -0.481 e. The fraction of sp³-hybridized carbons (Fsp3) is 0.692. The number of carbonyl (C=O) groups excluding carboxylic acids is 1. The summed E-state index contributed by atoms with van der Waals surface area (Å²) in [4.78, 5) is 13.1. The molecule has 2 rings (SSSR count). The number of halogens is 3. The zero-order valence-electron chi connectivity index (χ0n) is 14.6. The zero-order valence-corrected chi connectivity index (χ0v) is 15.4. The normalized spacial score (nSPS) is 21.3. The molecule has 148 valence electrons. The lowest BCUT2D eigenvalue weighted by Gasteiger charge is -2.23. The van der Waals surface area contributed by atoms with Crippen LogP contribution in [0.15, 0.2) is 6.07 Å². The molecule has 0 radical (unpaired) electrons. The molecule has 1 saturated heterocycles. The van der Waals surface area contributed by atoms with E-state index in [-0.39, 0.29) is 5.82 Å². The smallest absolute Gasteiger partial charge is 0.394 e. The molecular weight excluding hydrogens is 379 g/mol. The molecular formula is C13H20F3N5O4S. The Morgan fingerprint density at radius 3 is 2.46 bits per heavy atom. The molecule has 13 heteroatoms. The fourth-order valence-corrected chi connectivity index (χ4v) is 4.28. The third-order valence-corrected chi connectivity index (χ3v) is 6.41. The fourth-order valence-electron chi connectivity index (χ4n) is 2.72. The van der Waals surface area contributed by atoms with Crippen LogP contribution < -0.4 is 10.1 Å². The molecule has 2 atom stereocenters. The van der Waals surface area contributed by atoms with Crippen molar-refractivity contribution in [3.63, 3.8) is 0 Å². The van der Waals surface area contributed by atoms with Gasteiger partial charge in [-0.2, -0.15) is 18.3 Å². The number of rotatable bonds is 4. The molecule has 1 aliphatic heterocycles. The van der Waals surface area contributed by atoms with Crippen molar-refractivity contribution in [1.82, 2.24) is 19.0 Å². The summed E-state index contributed by atoms with van der Waals surface area (Å²) in [5.41, 5.74) is 0. The maximum Gasteiger partial charge on any atom is 0.394 e. The lowest BCUT2D eigenvalue weighted by Crippen LogP contribution is -2.43. The van der Waals surface area contributed by atoms with Crippen LogP contribution in [0.25, 0.3) is 0 Å². The van der Waals surface area contributed by atoms with Crippen molar-refractivity contribution < 1.29 is 31.1 Å². The summed E-state index contributed by atoms with van der Waals surface area (Å²) in [5.74, 6) is -1.75. The molecule has 1 aliphatic rings. The van der Waals surface area contributed by atoms with Crippen LogP contribution in [0, 0.1) is 5.92 Å². The SMILES string of the molecule is COc1cc(NC(=O)N2C[C@H](C(F)(F)F)[C@@H](S(=O)(=O)N(C)C)C2)nn1C. The summed E-state index contributed by atoms with van der Waals surface area (Å²) >= 11 is 0. The molecule has 26 heavy (non-hydrogen) atoms. The Bertz CT molecular complexity index is 777. The molecule has 0 unspecified atom stereocenters. The number of methoxy groups -OCH3 is 1. The summed E-state index contributed by atoms with van der Waals surface area (Å²) in [6.07, 6.45) is -4.75. The Labute approximate surface area is 148 Å². The summed E-state index contributed by atoms with van der Waals surface area (Å²) in [5, 5.41) is 4.53. The van der Waals surface area contributed by atoms with Crippen molar-refractivity contribution in [3.8, 4) is 5.88 Å². The molecule has 1 aromatic heterocycles. The van der Waals surface area contributed by atoms with E-state index in [0.29, 0.717) is 5.88 Å². The van der Waals surface area contributed by atoms with E-state index >= 15 is 0 Å². The maximum absolute atomic E-state index is 13.3. The van der Waals surface area contributed by atoms with Gasteiger partial charge in [0.2, 0.25) is 15.9 Å². The number of amides is 2. The Kier molecular flexibility index (Phi) is 5.42. The van der Waals surface area contributed by atoms with Gasteiger partial charge in [0, 0.05) is 40.3 Å². The third kappa shape index (κ3) is 3.87. The largest absolute Gasteiger partial charge is 0.481 e. The Morgan fingerprint density at radius 1 is 1.38 bits per heavy atom. The zero-order chi connectivity index (χ0) is 19.9. The highest BCUT2D eigenvalue weighted by Gasteiger charge is 2.56. The van der Waals surface area contributed by atoms with Crippen LogP contribution in [0.1, 0.15) is 0 Å². The number of nitrogens with zero attached hydrogens (tertiary/aromatic N) is 4. The van der Waals surface area contributed by atoms with Gasteiger partial charge in [-0.25, -0.2) is 22.2 Å². The number of aryl methyl sites for hydroxylation is 1. The molecule has 2 heterocycles. The number of anilines is 1. The van der Waals surface area contributed by atoms with Crippen LogP contribution in [0.5, 0.6) is 5.88 Å². The van der Waals surface area contributed by atoms with E-state index in [1.54, 1.807) is 7.05 Å². The Balaban J connectivity index is 2.21. The number of hydrogen-bond donors (Lipinski definition) is 1. The number of sulfonamides is 1. The molecule has 2 amide bonds. The quantitative estimate of drug-likeness (QED) is 0.805. The number of alkyl halides is 3. The molecule has 1 aromatic rings. The lowest BCUT2D eigenvalue weighted by molar-refractivity contribution is -0.169. The van der Waals surface area contributed by atoms with Gasteiger partial charge in [-0.1, -0.05) is 0 Å². The second kappa shape index (κ2) is 6.95. The van der Waals surface area contributed by atoms with Gasteiger partial charge < -0.3 is 9.64 Å². The number of carbonyl (C=O) groups is 1. The Hall–Kier alpha value is -2.02. The van der Waals surface area contributed by atoms with Crippen LogP contribution in [0.4, 0.5) is 23.8 Å². The highest BCUT2D eigenvalue weighted by molar-refractivity contribution is 7.89. The maximum atomic E-state index is 13.3. The minimum absolute atomic E-state index is 0.0804. The molecule has 1 fully saturated rings. The number of nitrogens with one attached hydrogen (secondary N) is 1. The van der Waals surface area contributed by atoms with E-state index in [1.807, 2.05) is 0 Å². The first-order valence-corrected chi connectivity index (χ1v) is 9.00. The average Bonchev–Trinajstić information content (AvgIpc) is 3.10. The van der Waals surface area contributed by atoms with E-state index < -0.39 is 46.5 Å². The highest BCUT2D eigenvalue weighted by atomic mass is 32.2. The number of likely N-dealkylation sites (tertiary alicyclic amines) is 1. The Morgan fingerprint density at radius 2 is 2.00 bits per heavy atom. The number of ether oxygens (including phenoxy) is 1. The van der Waals surface area contributed by atoms with E-state index in [2.05, 4.69) is 10.4 Å². The van der Waals surface area contributed by atoms with Gasteiger partial charge in [0.25, 0.3) is 0 Å². The van der Waals surface area contributed by atoms with E-state index in [1.165, 1.54) is 17.9 Å². The summed E-state index contributed by atoms with van der Waals surface area (Å²) in [6.45, 7) is -1.32. The topological polar surface area (TPSA) is 96.8 Å². The first-order chi connectivity index (χ1) is 11.9. The van der Waals surface area contributed by atoms with E-state index in [4.69, 9.17) is 4.74 Å². The summed E-state index contributed by atoms with van der Waals surface area (Å²) < 4.78 is 71.4. The van der Waals surface area contributed by atoms with Gasteiger partial charge in [-0.05, 0) is 0 Å². The predicted molar refractivity (Wildman–Crippen MR) is 86.3 cm³/mol. The van der Waals surface area contributed by atoms with Crippen molar-refractivity contribution in [3.05, 3.63) is 6.07 Å². The van der Waals surface area contributed by atoms with Crippen molar-refractivity contribution >= 4 is 21.9 Å². The number of aromatic nitrogens is 2. The number of urea groups is 1. The molecule has 0 aliphatic carbocycles. The molecule has 9 nitrogen and oxygen atoms in total. The third-order valence-electron chi connectivity index (χ3n) is 4.15. The van der Waals surface area contributed by atoms with Gasteiger partial charge in [-0.15, -0.1) is 0 Å². The number of hydrogen-bond acceptors (Lipinski definition) is 5. The van der Waals surface area contributed by atoms with E-state index in [0.717, 1.165) is 23.3 Å². The van der Waals surface area contributed by atoms with Crippen molar-refractivity contribution in [2.75, 3.05) is 39.6 Å². The van der Waals surface area contributed by atoms with Crippen LogP contribution in [-0.2, 0) is 17.1 Å². The van der Waals surface area contributed by atoms with Crippen LogP contribution in [0.2, 0.25) is 0 Å². The van der Waals surface area contributed by atoms with Crippen LogP contribution in [-0.4, -0.2) is 79.2 Å². The molecule has 0 bridgehead atoms. The van der Waals surface area contributed by atoms with Gasteiger partial charge in [0.05, 0.1) is 13.0 Å². The molecule has 0 aromatic carbocycles. The average molecular weight is 399 g/mol. The monoisotopic (exact) mass is 399 g/mol. The first kappa shape index (κ1) is 20.3. The van der Waals surface area contributed by atoms with Crippen molar-refractivity contribution in [2.24, 2.45) is 13.0 Å². The molecule has 1 N–H and O–H groups in total. The van der Waals surface area contributed by atoms with Gasteiger partial charge in [-0.3, -0.25) is 5.32 Å². The lowest BCUT2D eigenvalue weighted by atomic mass is 10.1. The summed E-state index contributed by atoms with van der Waals surface area (Å²) in [6, 6.07) is 0.528. The summed E-state index contributed by atoms with van der Waals surface area (Å²) in [7, 11) is 1.07. The highest BCUT2D eigenvalue weighted by Crippen LogP contribution is 2.37. The van der Waals surface area contributed by atoms with Gasteiger partial charge in [0.15, 0.2) is 5.82 Å².